The van der Waals surface area contributed by atoms with E-state index < -0.39 is 29.3 Å². The summed E-state index contributed by atoms with van der Waals surface area (Å²) in [5.74, 6) is 1.44. The molecule has 0 saturated carbocycles. The quantitative estimate of drug-likeness (QED) is 0.651. The predicted molar refractivity (Wildman–Crippen MR) is 76.2 cm³/mol. The van der Waals surface area contributed by atoms with Gasteiger partial charge in [-0.15, -0.1) is 6.42 Å². The molecule has 0 aliphatic heterocycles. The number of alkyl halides is 3. The molecule has 2 rings (SSSR count). The minimum atomic E-state index is -4.65. The second kappa shape index (κ2) is 6.36. The maximum atomic E-state index is 13.5. The number of hydrogen-bond acceptors (Lipinski definition) is 2. The first-order valence-corrected chi connectivity index (χ1v) is 6.17. The predicted octanol–water partition coefficient (Wildman–Crippen LogP) is 3.86. The van der Waals surface area contributed by atoms with E-state index in [-0.39, 0.29) is 5.82 Å². The normalized spacial score (nSPS) is 10.7. The van der Waals surface area contributed by atoms with Crippen LogP contribution in [0.2, 0.25) is 0 Å². The standard InChI is InChI=1S/C15H9F4N3O/c1-2-9-3-6-13(20-8-9)22-14(23)21-12-7-10(15(17,18)19)4-5-11(12)16/h1,3-8H,(H2,20,21,22,23). The summed E-state index contributed by atoms with van der Waals surface area (Å²) >= 11 is 0. The number of urea groups is 1. The Morgan fingerprint density at radius 3 is 2.48 bits per heavy atom. The largest absolute Gasteiger partial charge is 0.416 e. The van der Waals surface area contributed by atoms with Gasteiger partial charge in [0.25, 0.3) is 0 Å². The van der Waals surface area contributed by atoms with Crippen molar-refractivity contribution in [2.75, 3.05) is 10.6 Å². The molecule has 0 bridgehead atoms. The number of pyridine rings is 1. The van der Waals surface area contributed by atoms with E-state index >= 15 is 0 Å². The van der Waals surface area contributed by atoms with Gasteiger partial charge < -0.3 is 5.32 Å². The summed E-state index contributed by atoms with van der Waals surface area (Å²) in [4.78, 5) is 15.5. The Hall–Kier alpha value is -3.08. The highest BCUT2D eigenvalue weighted by Crippen LogP contribution is 2.31. The summed E-state index contributed by atoms with van der Waals surface area (Å²) in [5, 5.41) is 4.24. The highest BCUT2D eigenvalue weighted by Gasteiger charge is 2.31. The highest BCUT2D eigenvalue weighted by molar-refractivity contribution is 5.99. The highest BCUT2D eigenvalue weighted by atomic mass is 19.4. The van der Waals surface area contributed by atoms with Crippen LogP contribution in [-0.4, -0.2) is 11.0 Å². The van der Waals surface area contributed by atoms with Crippen molar-refractivity contribution in [2.24, 2.45) is 0 Å². The van der Waals surface area contributed by atoms with E-state index in [1.165, 1.54) is 18.3 Å². The van der Waals surface area contributed by atoms with Gasteiger partial charge in [0.15, 0.2) is 0 Å². The maximum absolute atomic E-state index is 13.5. The summed E-state index contributed by atoms with van der Waals surface area (Å²) in [6.07, 6.45) is 1.82. The van der Waals surface area contributed by atoms with Crippen molar-refractivity contribution in [3.63, 3.8) is 0 Å². The average Bonchev–Trinajstić information content (AvgIpc) is 2.49. The zero-order chi connectivity index (χ0) is 17.0. The van der Waals surface area contributed by atoms with Gasteiger partial charge in [-0.25, -0.2) is 14.2 Å². The van der Waals surface area contributed by atoms with Crippen LogP contribution in [0.15, 0.2) is 36.5 Å². The van der Waals surface area contributed by atoms with Crippen LogP contribution in [0.4, 0.5) is 33.9 Å². The van der Waals surface area contributed by atoms with Gasteiger partial charge in [-0.3, -0.25) is 5.32 Å². The number of terminal acetylenes is 1. The summed E-state index contributed by atoms with van der Waals surface area (Å²) in [6.45, 7) is 0. The molecule has 0 fully saturated rings. The van der Waals surface area contributed by atoms with Crippen LogP contribution in [-0.2, 0) is 6.18 Å². The molecular weight excluding hydrogens is 314 g/mol. The van der Waals surface area contributed by atoms with Crippen molar-refractivity contribution in [1.29, 1.82) is 0 Å². The molecule has 2 amide bonds. The SMILES string of the molecule is C#Cc1ccc(NC(=O)Nc2cc(C(F)(F)F)ccc2F)nc1. The number of carbonyl (C=O) groups is 1. The summed E-state index contributed by atoms with van der Waals surface area (Å²) in [6, 6.07) is 3.68. The number of halogens is 4. The molecule has 1 heterocycles. The molecule has 23 heavy (non-hydrogen) atoms. The molecule has 2 N–H and O–H groups in total. The van der Waals surface area contributed by atoms with Crippen LogP contribution < -0.4 is 10.6 Å². The third-order valence-electron chi connectivity index (χ3n) is 2.71. The van der Waals surface area contributed by atoms with E-state index in [0.717, 1.165) is 0 Å². The Morgan fingerprint density at radius 1 is 1.17 bits per heavy atom. The van der Waals surface area contributed by atoms with E-state index in [1.807, 2.05) is 5.32 Å². The van der Waals surface area contributed by atoms with E-state index in [1.54, 1.807) is 0 Å². The number of amides is 2. The van der Waals surface area contributed by atoms with Crippen molar-refractivity contribution < 1.29 is 22.4 Å². The first kappa shape index (κ1) is 16.3. The molecule has 0 unspecified atom stereocenters. The number of anilines is 2. The number of carbonyl (C=O) groups excluding carboxylic acids is 1. The molecule has 0 radical (unpaired) electrons. The lowest BCUT2D eigenvalue weighted by molar-refractivity contribution is -0.137. The number of rotatable bonds is 2. The number of aromatic nitrogens is 1. The lowest BCUT2D eigenvalue weighted by Crippen LogP contribution is -2.21. The smallest absolute Gasteiger partial charge is 0.305 e. The molecule has 118 valence electrons. The third-order valence-corrected chi connectivity index (χ3v) is 2.71. The van der Waals surface area contributed by atoms with Gasteiger partial charge in [-0.2, -0.15) is 13.2 Å². The third kappa shape index (κ3) is 4.20. The van der Waals surface area contributed by atoms with Gasteiger partial charge >= 0.3 is 12.2 Å². The Bertz CT molecular complexity index is 764. The zero-order valence-electron chi connectivity index (χ0n) is 11.4. The molecule has 0 atom stereocenters. The fourth-order valence-electron chi connectivity index (χ4n) is 1.62. The van der Waals surface area contributed by atoms with Gasteiger partial charge in [0.1, 0.15) is 11.6 Å². The molecule has 0 aliphatic rings. The van der Waals surface area contributed by atoms with Crippen LogP contribution in [0, 0.1) is 18.2 Å². The van der Waals surface area contributed by atoms with Crippen LogP contribution in [0.5, 0.6) is 0 Å². The lowest BCUT2D eigenvalue weighted by atomic mass is 10.2. The fourth-order valence-corrected chi connectivity index (χ4v) is 1.62. The van der Waals surface area contributed by atoms with Crippen molar-refractivity contribution in [3.05, 3.63) is 53.5 Å². The molecule has 1 aromatic carbocycles. The first-order chi connectivity index (χ1) is 10.8. The van der Waals surface area contributed by atoms with E-state index in [2.05, 4.69) is 16.2 Å². The molecule has 0 saturated heterocycles. The van der Waals surface area contributed by atoms with Crippen molar-refractivity contribution >= 4 is 17.5 Å². The second-order valence-electron chi connectivity index (χ2n) is 4.35. The van der Waals surface area contributed by atoms with E-state index in [4.69, 9.17) is 6.42 Å². The summed E-state index contributed by atoms with van der Waals surface area (Å²) < 4.78 is 51.2. The molecule has 4 nitrogen and oxygen atoms in total. The van der Waals surface area contributed by atoms with Crippen molar-refractivity contribution in [2.45, 2.75) is 6.18 Å². The van der Waals surface area contributed by atoms with E-state index in [9.17, 15) is 22.4 Å². The number of nitrogens with one attached hydrogen (secondary N) is 2. The van der Waals surface area contributed by atoms with Gasteiger partial charge in [-0.1, -0.05) is 5.92 Å². The molecule has 0 spiro atoms. The Morgan fingerprint density at radius 2 is 1.91 bits per heavy atom. The average molecular weight is 323 g/mol. The van der Waals surface area contributed by atoms with Gasteiger partial charge in [0.2, 0.25) is 0 Å². The molecule has 2 aromatic rings. The molecule has 8 heteroatoms. The minimum Gasteiger partial charge on any atom is -0.305 e. The molecule has 1 aromatic heterocycles. The Kier molecular flexibility index (Phi) is 4.50. The van der Waals surface area contributed by atoms with Gasteiger partial charge in [0.05, 0.1) is 11.3 Å². The maximum Gasteiger partial charge on any atom is 0.416 e. The van der Waals surface area contributed by atoms with Gasteiger partial charge in [0, 0.05) is 11.8 Å². The van der Waals surface area contributed by atoms with Crippen LogP contribution in [0.3, 0.4) is 0 Å². The molecule has 0 aliphatic carbocycles. The van der Waals surface area contributed by atoms with Crippen LogP contribution in [0.25, 0.3) is 0 Å². The fraction of sp³-hybridized carbons (Fsp3) is 0.0667. The zero-order valence-corrected chi connectivity index (χ0v) is 11.4. The summed E-state index contributed by atoms with van der Waals surface area (Å²) in [7, 11) is 0. The minimum absolute atomic E-state index is 0.105. The Balaban J connectivity index is 2.12. The summed E-state index contributed by atoms with van der Waals surface area (Å²) in [5.41, 5.74) is -1.19. The lowest BCUT2D eigenvalue weighted by Gasteiger charge is -2.11. The van der Waals surface area contributed by atoms with Gasteiger partial charge in [-0.05, 0) is 30.3 Å². The van der Waals surface area contributed by atoms with Crippen LogP contribution >= 0.6 is 0 Å². The van der Waals surface area contributed by atoms with Crippen LogP contribution in [0.1, 0.15) is 11.1 Å². The second-order valence-corrected chi connectivity index (χ2v) is 4.35. The molecular formula is C15H9F4N3O. The first-order valence-electron chi connectivity index (χ1n) is 6.17. The number of nitrogens with zero attached hydrogens (tertiary/aromatic N) is 1. The monoisotopic (exact) mass is 323 g/mol. The Labute approximate surface area is 128 Å². The van der Waals surface area contributed by atoms with Crippen molar-refractivity contribution in [3.8, 4) is 12.3 Å². The number of benzene rings is 1. The topological polar surface area (TPSA) is 54.0 Å². The number of hydrogen-bond donors (Lipinski definition) is 2. The van der Waals surface area contributed by atoms with Crippen molar-refractivity contribution in [1.82, 2.24) is 4.98 Å². The van der Waals surface area contributed by atoms with E-state index in [0.29, 0.717) is 23.8 Å².